The third-order valence-corrected chi connectivity index (χ3v) is 5.77. The van der Waals surface area contributed by atoms with E-state index in [-0.39, 0.29) is 0 Å². The molecule has 0 saturated carbocycles. The zero-order valence-corrected chi connectivity index (χ0v) is 14.2. The van der Waals surface area contributed by atoms with E-state index in [1.165, 1.54) is 0 Å². The van der Waals surface area contributed by atoms with Gasteiger partial charge in [0, 0.05) is 22.0 Å². The van der Waals surface area contributed by atoms with Crippen LogP contribution in [0.15, 0.2) is 59.6 Å². The summed E-state index contributed by atoms with van der Waals surface area (Å²) in [6, 6.07) is 15.4. The van der Waals surface area contributed by atoms with Crippen LogP contribution in [0, 0.1) is 0 Å². The van der Waals surface area contributed by atoms with Gasteiger partial charge in [-0.3, -0.25) is 4.98 Å². The van der Waals surface area contributed by atoms with Crippen LogP contribution >= 0.6 is 18.2 Å². The molecule has 4 nitrogen and oxygen atoms in total. The minimum absolute atomic E-state index is 0.621. The van der Waals surface area contributed by atoms with Gasteiger partial charge in [-0.1, -0.05) is 49.4 Å². The predicted molar refractivity (Wildman–Crippen MR) is 94.5 cm³/mol. The molecule has 0 aliphatic heterocycles. The average Bonchev–Trinajstić information content (AvgIpc) is 2.53. The molecule has 0 atom stereocenters. The number of hydrogen-bond acceptors (Lipinski definition) is 3. The van der Waals surface area contributed by atoms with Crippen LogP contribution in [0.5, 0.6) is 0 Å². The van der Waals surface area contributed by atoms with E-state index in [4.69, 9.17) is 0 Å². The van der Waals surface area contributed by atoms with Crippen LogP contribution < -0.4 is 0 Å². The van der Waals surface area contributed by atoms with Crippen LogP contribution in [0.2, 0.25) is 0 Å². The van der Waals surface area contributed by atoms with Crippen molar-refractivity contribution < 1.29 is 14.4 Å². The van der Waals surface area contributed by atoms with E-state index < -0.39 is 6.80 Å². The van der Waals surface area contributed by atoms with Crippen molar-refractivity contribution in [2.24, 2.45) is 0 Å². The summed E-state index contributed by atoms with van der Waals surface area (Å²) in [6.07, 6.45) is 2.43. The maximum absolute atomic E-state index is 11.6. The van der Waals surface area contributed by atoms with Crippen molar-refractivity contribution in [3.63, 3.8) is 0 Å². The normalized spacial score (nSPS) is 11.8. The van der Waals surface area contributed by atoms with Crippen molar-refractivity contribution >= 4 is 29.1 Å². The molecule has 0 amide bonds. The summed E-state index contributed by atoms with van der Waals surface area (Å²) in [5.41, 5.74) is 3.44. The van der Waals surface area contributed by atoms with Gasteiger partial charge in [0.05, 0.1) is 5.52 Å². The summed E-state index contributed by atoms with van der Waals surface area (Å²) in [5, 5.41) is 0.999. The molecule has 0 fully saturated rings. The van der Waals surface area contributed by atoms with Gasteiger partial charge in [0.1, 0.15) is 0 Å². The number of pyridine rings is 1. The van der Waals surface area contributed by atoms with Crippen LogP contribution in [0.4, 0.5) is 0 Å². The molecule has 0 bridgehead atoms. The first-order valence-electron chi connectivity index (χ1n) is 7.21. The zero-order chi connectivity index (χ0) is 16.4. The lowest BCUT2D eigenvalue weighted by molar-refractivity contribution is 0.397. The fourth-order valence-corrected chi connectivity index (χ4v) is 4.83. The van der Waals surface area contributed by atoms with Crippen molar-refractivity contribution in [3.8, 4) is 11.1 Å². The fraction of sp³-hybridized carbons (Fsp3) is 0.118. The number of benzene rings is 2. The molecule has 2 aromatic carbocycles. The van der Waals surface area contributed by atoms with Gasteiger partial charge in [0.2, 0.25) is 0 Å². The Kier molecular flexibility index (Phi) is 4.55. The summed E-state index contributed by atoms with van der Waals surface area (Å²) < 4.78 is 11.6. The first-order chi connectivity index (χ1) is 11.0. The van der Waals surface area contributed by atoms with Crippen molar-refractivity contribution in [2.75, 3.05) is 0 Å². The molecule has 0 aliphatic rings. The molecule has 6 heteroatoms. The second-order valence-electron chi connectivity index (χ2n) is 5.11. The molecular weight excluding hydrogens is 329 g/mol. The van der Waals surface area contributed by atoms with Gasteiger partial charge in [-0.05, 0) is 35.0 Å². The molecular formula is C17H16NO3PS. The predicted octanol–water partition coefficient (Wildman–Crippen LogP) is 4.65. The average molecular weight is 345 g/mol. The Hall–Kier alpha value is -1.65. The van der Waals surface area contributed by atoms with Crippen LogP contribution in [-0.4, -0.2) is 14.8 Å². The molecule has 0 aliphatic carbocycles. The monoisotopic (exact) mass is 345 g/mol. The highest BCUT2D eigenvalue weighted by atomic mass is 32.7. The highest BCUT2D eigenvalue weighted by Gasteiger charge is 2.22. The Morgan fingerprint density at radius 1 is 1.04 bits per heavy atom. The molecule has 0 saturated heterocycles. The minimum Gasteiger partial charge on any atom is -0.316 e. The molecule has 0 radical (unpaired) electrons. The smallest absolute Gasteiger partial charge is 0.316 e. The fourth-order valence-electron chi connectivity index (χ4n) is 2.62. The summed E-state index contributed by atoms with van der Waals surface area (Å²) in [7, 11) is 0. The van der Waals surface area contributed by atoms with Gasteiger partial charge in [-0.15, -0.1) is 0 Å². The summed E-state index contributed by atoms with van der Waals surface area (Å²) in [6.45, 7) is -2.26. The quantitative estimate of drug-likeness (QED) is 0.674. The number of fused-ring (bicyclic) bond motifs is 1. The van der Waals surface area contributed by atoms with Crippen molar-refractivity contribution in [2.45, 2.75) is 18.2 Å². The third-order valence-electron chi connectivity index (χ3n) is 3.61. The van der Waals surface area contributed by atoms with E-state index in [2.05, 4.69) is 4.98 Å². The van der Waals surface area contributed by atoms with Gasteiger partial charge < -0.3 is 9.79 Å². The number of hydrogen-bond donors (Lipinski definition) is 2. The standard InChI is InChI=1S/C17H16NO3PS/c1-2-12-6-3-10-15(17(12)23-22(19,20)21)14-9-4-7-13-8-5-11-18-16(13)14/h3-11H,2H2,1H3,(H2,19,20,21). The largest absolute Gasteiger partial charge is 0.388 e. The van der Waals surface area contributed by atoms with E-state index in [0.717, 1.165) is 27.6 Å². The minimum atomic E-state index is -4.24. The van der Waals surface area contributed by atoms with Gasteiger partial charge in [-0.2, -0.15) is 0 Å². The molecule has 0 unspecified atom stereocenters. The van der Waals surface area contributed by atoms with E-state index >= 15 is 0 Å². The van der Waals surface area contributed by atoms with E-state index in [9.17, 15) is 14.4 Å². The van der Waals surface area contributed by atoms with Crippen LogP contribution in [-0.2, 0) is 11.0 Å². The second-order valence-corrected chi connectivity index (χ2v) is 8.66. The molecule has 118 valence electrons. The number of rotatable bonds is 4. The lowest BCUT2D eigenvalue weighted by atomic mass is 9.99. The second kappa shape index (κ2) is 6.46. The highest BCUT2D eigenvalue weighted by Crippen LogP contribution is 2.57. The van der Waals surface area contributed by atoms with Crippen LogP contribution in [0.3, 0.4) is 0 Å². The molecule has 1 aromatic heterocycles. The Balaban J connectivity index is 2.28. The summed E-state index contributed by atoms with van der Waals surface area (Å²) >= 11 is 0.621. The van der Waals surface area contributed by atoms with Gasteiger partial charge in [-0.25, -0.2) is 4.57 Å². The van der Waals surface area contributed by atoms with E-state index in [1.54, 1.807) is 6.20 Å². The van der Waals surface area contributed by atoms with Gasteiger partial charge in [0.15, 0.2) is 0 Å². The van der Waals surface area contributed by atoms with E-state index in [1.807, 2.05) is 55.5 Å². The van der Waals surface area contributed by atoms with Crippen LogP contribution in [0.25, 0.3) is 22.0 Å². The van der Waals surface area contributed by atoms with E-state index in [0.29, 0.717) is 22.7 Å². The topological polar surface area (TPSA) is 70.4 Å². The number of nitrogens with zero attached hydrogens (tertiary/aromatic N) is 1. The number of aryl methyl sites for hydroxylation is 1. The molecule has 3 aromatic rings. The Bertz CT molecular complexity index is 902. The number of aromatic nitrogens is 1. The first kappa shape index (κ1) is 16.2. The molecule has 3 rings (SSSR count). The zero-order valence-electron chi connectivity index (χ0n) is 12.5. The van der Waals surface area contributed by atoms with Crippen molar-refractivity contribution in [3.05, 3.63) is 60.3 Å². The Morgan fingerprint density at radius 2 is 1.74 bits per heavy atom. The van der Waals surface area contributed by atoms with Gasteiger partial charge >= 0.3 is 6.80 Å². The molecule has 0 spiro atoms. The Labute approximate surface area is 138 Å². The molecule has 23 heavy (non-hydrogen) atoms. The van der Waals surface area contributed by atoms with Gasteiger partial charge in [0.25, 0.3) is 0 Å². The number of para-hydroxylation sites is 1. The highest BCUT2D eigenvalue weighted by molar-refractivity contribution is 8.54. The maximum Gasteiger partial charge on any atom is 0.388 e. The first-order valence-corrected chi connectivity index (χ1v) is 10.2. The third kappa shape index (κ3) is 3.48. The summed E-state index contributed by atoms with van der Waals surface area (Å²) in [4.78, 5) is 23.9. The molecule has 1 heterocycles. The van der Waals surface area contributed by atoms with Crippen molar-refractivity contribution in [1.29, 1.82) is 0 Å². The summed E-state index contributed by atoms with van der Waals surface area (Å²) in [5.74, 6) is 0. The maximum atomic E-state index is 11.6. The van der Waals surface area contributed by atoms with Crippen LogP contribution in [0.1, 0.15) is 12.5 Å². The lowest BCUT2D eigenvalue weighted by Gasteiger charge is -2.15. The lowest BCUT2D eigenvalue weighted by Crippen LogP contribution is -1.92. The van der Waals surface area contributed by atoms with Crippen molar-refractivity contribution in [1.82, 2.24) is 4.98 Å². The molecule has 2 N–H and O–H groups in total. The SMILES string of the molecule is CCc1cccc(-c2cccc3cccnc23)c1SP(=O)(O)O. The Morgan fingerprint density at radius 3 is 2.48 bits per heavy atom.